The van der Waals surface area contributed by atoms with Crippen molar-refractivity contribution >= 4 is 66.5 Å². The third kappa shape index (κ3) is 15.0. The molecule has 5 rings (SSSR count). The minimum atomic E-state index is -1.37. The lowest BCUT2D eigenvalue weighted by molar-refractivity contribution is -0.139. The fraction of sp³-hybridized carbons (Fsp3) is 0.333. The number of amides is 3. The highest BCUT2D eigenvalue weighted by Gasteiger charge is 2.23. The molecule has 2 aromatic heterocycles. The minimum absolute atomic E-state index is 0.0441. The number of hydrogen-bond donors (Lipinski definition) is 7. The van der Waals surface area contributed by atoms with Crippen molar-refractivity contribution in [3.8, 4) is 0 Å². The number of carboxylic acid groups (broad SMARTS) is 1. The molecule has 0 fully saturated rings. The van der Waals surface area contributed by atoms with Gasteiger partial charge in [0.05, 0.1) is 49.5 Å². The molecule has 19 heteroatoms. The van der Waals surface area contributed by atoms with Gasteiger partial charge in [0.15, 0.2) is 11.2 Å². The number of carbonyl (C=O) groups is 4. The molecule has 1 atom stereocenters. The molecule has 2 heterocycles. The Labute approximate surface area is 354 Å². The lowest BCUT2D eigenvalue weighted by Gasteiger charge is -2.16. The molecule has 0 unspecified atom stereocenters. The first-order valence-corrected chi connectivity index (χ1v) is 21.0. The molecular weight excluding hydrogens is 805 g/mol. The largest absolute Gasteiger partial charge is 0.480 e. The summed E-state index contributed by atoms with van der Waals surface area (Å²) in [5.41, 5.74) is 8.61. The van der Waals surface area contributed by atoms with Gasteiger partial charge in [-0.1, -0.05) is 38.1 Å². The molecule has 3 amide bonds. The second-order valence-electron chi connectivity index (χ2n) is 12.9. The van der Waals surface area contributed by atoms with E-state index in [1.807, 2.05) is 52.0 Å². The Morgan fingerprint density at radius 1 is 0.852 bits per heavy atom. The normalized spacial score (nSPS) is 11.3. The average molecular weight is 858 g/mol. The van der Waals surface area contributed by atoms with Crippen molar-refractivity contribution in [2.45, 2.75) is 72.4 Å². The van der Waals surface area contributed by atoms with Gasteiger partial charge >= 0.3 is 14.6 Å². The van der Waals surface area contributed by atoms with E-state index in [4.69, 9.17) is 19.3 Å². The number of aliphatic carboxylic acids is 1. The zero-order valence-corrected chi connectivity index (χ0v) is 35.4. The van der Waals surface area contributed by atoms with E-state index in [2.05, 4.69) is 41.2 Å². The lowest BCUT2D eigenvalue weighted by atomic mass is 10.1. The van der Waals surface area contributed by atoms with E-state index < -0.39 is 43.9 Å². The summed E-state index contributed by atoms with van der Waals surface area (Å²) in [6, 6.07) is 18.9. The Kier molecular flexibility index (Phi) is 19.2. The Hall–Kier alpha value is -6.33. The Morgan fingerprint density at radius 2 is 1.54 bits per heavy atom. The van der Waals surface area contributed by atoms with Gasteiger partial charge < -0.3 is 45.7 Å². The van der Waals surface area contributed by atoms with Crippen LogP contribution < -0.4 is 32.6 Å². The van der Waals surface area contributed by atoms with E-state index in [0.717, 1.165) is 24.8 Å². The summed E-state index contributed by atoms with van der Waals surface area (Å²) in [6.07, 6.45) is 3.57. The number of anilines is 4. The topological polar surface area (TPSA) is 262 Å². The highest BCUT2D eigenvalue weighted by Crippen LogP contribution is 2.39. The maximum Gasteiger partial charge on any atom is 0.332 e. The second-order valence-corrected chi connectivity index (χ2v) is 14.1. The van der Waals surface area contributed by atoms with Gasteiger partial charge in [-0.25, -0.2) is 14.8 Å². The van der Waals surface area contributed by atoms with Crippen LogP contribution in [0.3, 0.4) is 0 Å². The summed E-state index contributed by atoms with van der Waals surface area (Å²) in [7, 11) is -1.31. The SMILES string of the molecule is CC.CCOP(OCC)OCCCCc1ccc(NC(=O)c2ccccc2NC(=O)CC[C@H](NC(=O)c2ccc(NCc3cnc4nc(N)[nH]c(=O)c4n3)cc2)C(=O)O)cc1. The fourth-order valence-corrected chi connectivity index (χ4v) is 6.53. The van der Waals surface area contributed by atoms with Crippen LogP contribution in [0.1, 0.15) is 85.4 Å². The van der Waals surface area contributed by atoms with Crippen LogP contribution in [-0.4, -0.2) is 74.6 Å². The maximum absolute atomic E-state index is 13.2. The Balaban J connectivity index is 0.00000403. The van der Waals surface area contributed by atoms with Gasteiger partial charge in [-0.15, -0.1) is 0 Å². The predicted molar refractivity (Wildman–Crippen MR) is 234 cm³/mol. The summed E-state index contributed by atoms with van der Waals surface area (Å²) < 4.78 is 16.6. The number of aromatic amines is 1. The first-order chi connectivity index (χ1) is 29.5. The number of fused-ring (bicyclic) bond motifs is 1. The molecule has 3 aromatic carbocycles. The maximum atomic E-state index is 13.2. The van der Waals surface area contributed by atoms with Gasteiger partial charge in [-0.2, -0.15) is 4.98 Å². The molecule has 0 bridgehead atoms. The smallest absolute Gasteiger partial charge is 0.332 e. The van der Waals surface area contributed by atoms with Crippen LogP contribution in [-0.2, 0) is 36.1 Å². The molecule has 0 aliphatic carbocycles. The number of nitrogens with two attached hydrogens (primary N) is 1. The van der Waals surface area contributed by atoms with Crippen LogP contribution in [0.5, 0.6) is 0 Å². The zero-order valence-electron chi connectivity index (χ0n) is 34.5. The van der Waals surface area contributed by atoms with Crippen molar-refractivity contribution in [1.82, 2.24) is 25.3 Å². The Morgan fingerprint density at radius 3 is 2.23 bits per heavy atom. The average Bonchev–Trinajstić information content (AvgIpc) is 3.26. The van der Waals surface area contributed by atoms with Gasteiger partial charge in [-0.05, 0) is 93.6 Å². The van der Waals surface area contributed by atoms with Crippen molar-refractivity contribution in [3.05, 3.63) is 112 Å². The number of nitrogens with zero attached hydrogens (tertiary/aromatic N) is 3. The molecule has 0 radical (unpaired) electrons. The highest BCUT2D eigenvalue weighted by atomic mass is 31.2. The number of carbonyl (C=O) groups excluding carboxylic acids is 3. The molecule has 61 heavy (non-hydrogen) atoms. The number of benzene rings is 3. The first-order valence-electron chi connectivity index (χ1n) is 19.9. The van der Waals surface area contributed by atoms with Gasteiger partial charge in [0.2, 0.25) is 11.9 Å². The van der Waals surface area contributed by atoms with Crippen LogP contribution in [0, 0.1) is 0 Å². The van der Waals surface area contributed by atoms with Gasteiger partial charge in [0, 0.05) is 23.4 Å². The molecule has 18 nitrogen and oxygen atoms in total. The summed E-state index contributed by atoms with van der Waals surface area (Å²) in [4.78, 5) is 78.1. The van der Waals surface area contributed by atoms with Gasteiger partial charge in [-0.3, -0.25) is 24.2 Å². The number of para-hydroxylation sites is 1. The van der Waals surface area contributed by atoms with E-state index >= 15 is 0 Å². The number of nitrogens with one attached hydrogen (secondary N) is 5. The van der Waals surface area contributed by atoms with Gasteiger partial charge in [0.1, 0.15) is 6.04 Å². The lowest BCUT2D eigenvalue weighted by Crippen LogP contribution is -2.41. The molecule has 5 aromatic rings. The van der Waals surface area contributed by atoms with Crippen LogP contribution in [0.25, 0.3) is 11.2 Å². The molecule has 0 aliphatic rings. The van der Waals surface area contributed by atoms with E-state index in [-0.39, 0.29) is 53.3 Å². The highest BCUT2D eigenvalue weighted by molar-refractivity contribution is 7.41. The monoisotopic (exact) mass is 857 g/mol. The van der Waals surface area contributed by atoms with Gasteiger partial charge in [0.25, 0.3) is 17.4 Å². The van der Waals surface area contributed by atoms with E-state index in [0.29, 0.717) is 36.9 Å². The van der Waals surface area contributed by atoms with Crippen LogP contribution in [0.15, 0.2) is 83.8 Å². The van der Waals surface area contributed by atoms with Crippen molar-refractivity contribution in [2.75, 3.05) is 41.5 Å². The van der Waals surface area contributed by atoms with Crippen LogP contribution in [0.2, 0.25) is 0 Å². The van der Waals surface area contributed by atoms with Crippen molar-refractivity contribution in [2.24, 2.45) is 0 Å². The number of carboxylic acids is 1. The quantitative estimate of drug-likeness (QED) is 0.0292. The second kappa shape index (κ2) is 24.7. The standard InChI is InChI=1S/C40H46N9O9P.C2H6/c1-3-56-59(57-4-2)58-22-8-7-9-25-12-16-28(17-13-25)45-37(52)30-10-5-6-11-31(30)46-33(50)21-20-32(39(54)55)47-36(51)26-14-18-27(19-15-26)42-23-29-24-43-35-34(44-29)38(53)49-40(41)48-35;1-2/h5-6,10-19,24,32,42H,3-4,7-9,20-23H2,1-2H3,(H,45,52)(H,46,50)(H,47,51)(H,54,55)(H3,41,43,48,49,53);1-2H3/t32-;/m0./s1. The fourth-order valence-electron chi connectivity index (χ4n) is 5.61. The summed E-state index contributed by atoms with van der Waals surface area (Å²) in [5, 5.41) is 20.9. The summed E-state index contributed by atoms with van der Waals surface area (Å²) in [5.74, 6) is -3.00. The van der Waals surface area contributed by atoms with E-state index in [1.165, 1.54) is 18.3 Å². The molecule has 324 valence electrons. The van der Waals surface area contributed by atoms with Crippen molar-refractivity contribution in [3.63, 3.8) is 0 Å². The van der Waals surface area contributed by atoms with Crippen LogP contribution in [0.4, 0.5) is 23.0 Å². The third-order valence-electron chi connectivity index (χ3n) is 8.55. The molecule has 8 N–H and O–H groups in total. The predicted octanol–water partition coefficient (Wildman–Crippen LogP) is 6.43. The molecular formula is C42H52N9O9P. The number of H-pyrrole nitrogens is 1. The number of nitrogen functional groups attached to an aromatic ring is 1. The first kappa shape index (κ1) is 47.3. The summed E-state index contributed by atoms with van der Waals surface area (Å²) >= 11 is 0. The van der Waals surface area contributed by atoms with E-state index in [9.17, 15) is 29.1 Å². The number of unbranched alkanes of at least 4 members (excludes halogenated alkanes) is 1. The van der Waals surface area contributed by atoms with Crippen molar-refractivity contribution < 1.29 is 37.9 Å². The molecule has 0 spiro atoms. The number of aryl methyl sites for hydroxylation is 1. The van der Waals surface area contributed by atoms with Crippen LogP contribution >= 0.6 is 8.60 Å². The number of rotatable bonds is 22. The minimum Gasteiger partial charge on any atom is -0.480 e. The summed E-state index contributed by atoms with van der Waals surface area (Å²) in [6.45, 7) is 9.59. The molecule has 0 aliphatic heterocycles. The number of aromatic nitrogens is 4. The molecule has 0 saturated carbocycles. The molecule has 0 saturated heterocycles. The third-order valence-corrected chi connectivity index (χ3v) is 9.88. The van der Waals surface area contributed by atoms with E-state index in [1.54, 1.807) is 36.4 Å². The zero-order chi connectivity index (χ0) is 44.1. The Bertz CT molecular complexity index is 2270. The van der Waals surface area contributed by atoms with Crippen molar-refractivity contribution in [1.29, 1.82) is 0 Å². The number of hydrogen-bond acceptors (Lipinski definition) is 13.